The van der Waals surface area contributed by atoms with Gasteiger partial charge in [0.15, 0.2) is 0 Å². The molecule has 0 aliphatic heterocycles. The summed E-state index contributed by atoms with van der Waals surface area (Å²) in [4.78, 5) is 14.0. The van der Waals surface area contributed by atoms with E-state index in [0.29, 0.717) is 11.1 Å². The first-order valence-electron chi connectivity index (χ1n) is 7.58. The molecule has 1 N–H and O–H groups in total. The van der Waals surface area contributed by atoms with Crippen molar-refractivity contribution in [2.75, 3.05) is 19.8 Å². The Morgan fingerprint density at radius 2 is 2.13 bits per heavy atom. The molecular weight excluding hydrogens is 314 g/mol. The van der Waals surface area contributed by atoms with Crippen LogP contribution in [0.1, 0.15) is 46.0 Å². The van der Waals surface area contributed by atoms with E-state index in [1.807, 2.05) is 39.8 Å². The molecular formula is C15H25N5O2S. The van der Waals surface area contributed by atoms with Crippen LogP contribution in [0.5, 0.6) is 0 Å². The molecule has 0 saturated carbocycles. The Morgan fingerprint density at radius 3 is 2.61 bits per heavy atom. The minimum atomic E-state index is -0.879. The molecule has 7 nitrogen and oxygen atoms in total. The maximum atomic E-state index is 12.0. The van der Waals surface area contributed by atoms with Gasteiger partial charge in [-0.3, -0.25) is 9.69 Å². The van der Waals surface area contributed by atoms with Crippen molar-refractivity contribution in [2.45, 2.75) is 50.9 Å². The number of amides is 1. The molecule has 23 heavy (non-hydrogen) atoms. The number of nitriles is 1. The molecule has 0 aliphatic rings. The summed E-state index contributed by atoms with van der Waals surface area (Å²) in [6.45, 7) is 7.55. The van der Waals surface area contributed by atoms with Crippen molar-refractivity contribution in [1.29, 1.82) is 5.26 Å². The second-order valence-electron chi connectivity index (χ2n) is 6.10. The van der Waals surface area contributed by atoms with Crippen molar-refractivity contribution in [3.63, 3.8) is 0 Å². The van der Waals surface area contributed by atoms with Crippen LogP contribution < -0.4 is 5.32 Å². The van der Waals surface area contributed by atoms with Gasteiger partial charge in [0.1, 0.15) is 5.54 Å². The Morgan fingerprint density at radius 1 is 1.48 bits per heavy atom. The van der Waals surface area contributed by atoms with Crippen molar-refractivity contribution in [3.05, 3.63) is 5.89 Å². The maximum absolute atomic E-state index is 12.0. The predicted octanol–water partition coefficient (Wildman–Crippen LogP) is 2.23. The second-order valence-corrected chi connectivity index (χ2v) is 7.03. The van der Waals surface area contributed by atoms with Crippen LogP contribution >= 0.6 is 11.8 Å². The Bertz CT molecular complexity index is 566. The lowest BCUT2D eigenvalue weighted by Gasteiger charge is -2.27. The highest BCUT2D eigenvalue weighted by Gasteiger charge is 2.30. The maximum Gasteiger partial charge on any atom is 0.277 e. The lowest BCUT2D eigenvalue weighted by Crippen LogP contribution is -2.49. The fraction of sp³-hybridized carbons (Fsp3) is 0.733. The van der Waals surface area contributed by atoms with Crippen LogP contribution in [-0.4, -0.2) is 46.4 Å². The largest absolute Gasteiger partial charge is 0.414 e. The third-order valence-corrected chi connectivity index (χ3v) is 4.65. The van der Waals surface area contributed by atoms with E-state index in [1.165, 1.54) is 11.8 Å². The number of carbonyl (C=O) groups is 1. The van der Waals surface area contributed by atoms with Crippen LogP contribution in [0.15, 0.2) is 9.64 Å². The van der Waals surface area contributed by atoms with Crippen LogP contribution in [0, 0.1) is 17.2 Å². The van der Waals surface area contributed by atoms with Crippen molar-refractivity contribution in [3.8, 4) is 6.07 Å². The number of rotatable bonds is 8. The van der Waals surface area contributed by atoms with Gasteiger partial charge in [0.05, 0.1) is 17.9 Å². The number of hydrogen-bond acceptors (Lipinski definition) is 7. The van der Waals surface area contributed by atoms with Gasteiger partial charge in [-0.2, -0.15) is 5.26 Å². The van der Waals surface area contributed by atoms with Gasteiger partial charge in [-0.25, -0.2) is 0 Å². The molecule has 0 saturated heterocycles. The number of nitrogens with one attached hydrogen (secondary N) is 1. The molecule has 1 heterocycles. The van der Waals surface area contributed by atoms with Gasteiger partial charge in [0.2, 0.25) is 11.8 Å². The zero-order valence-electron chi connectivity index (χ0n) is 14.6. The number of thioether (sulfide) groups is 1. The molecule has 0 radical (unpaired) electrons. The fourth-order valence-electron chi connectivity index (χ4n) is 1.93. The lowest BCUT2D eigenvalue weighted by atomic mass is 9.90. The smallest absolute Gasteiger partial charge is 0.277 e. The van der Waals surface area contributed by atoms with E-state index in [1.54, 1.807) is 6.92 Å². The summed E-state index contributed by atoms with van der Waals surface area (Å²) in [5.41, 5.74) is -0.879. The highest BCUT2D eigenvalue weighted by atomic mass is 32.2. The summed E-state index contributed by atoms with van der Waals surface area (Å²) >= 11 is 1.17. The van der Waals surface area contributed by atoms with E-state index < -0.39 is 5.54 Å². The first-order valence-corrected chi connectivity index (χ1v) is 8.57. The standard InChI is InChI=1S/C15H25N5O2S/c1-7-11(20(5)6)13-18-19-14(22-13)23-8-12(21)17-15(4,9-16)10(2)3/h10-11H,7-8H2,1-6H3,(H,17,21). The van der Waals surface area contributed by atoms with Crippen molar-refractivity contribution in [2.24, 2.45) is 5.92 Å². The fourth-order valence-corrected chi connectivity index (χ4v) is 2.50. The summed E-state index contributed by atoms with van der Waals surface area (Å²) in [7, 11) is 3.90. The van der Waals surface area contributed by atoms with E-state index >= 15 is 0 Å². The summed E-state index contributed by atoms with van der Waals surface area (Å²) in [5.74, 6) is 0.461. The van der Waals surface area contributed by atoms with Gasteiger partial charge >= 0.3 is 0 Å². The van der Waals surface area contributed by atoms with Crippen LogP contribution in [0.2, 0.25) is 0 Å². The Balaban J connectivity index is 2.61. The van der Waals surface area contributed by atoms with Gasteiger partial charge in [-0.05, 0) is 33.4 Å². The normalized spacial score (nSPS) is 15.3. The molecule has 2 unspecified atom stereocenters. The van der Waals surface area contributed by atoms with Crippen molar-refractivity contribution >= 4 is 17.7 Å². The highest BCUT2D eigenvalue weighted by Crippen LogP contribution is 2.24. The van der Waals surface area contributed by atoms with E-state index in [0.717, 1.165) is 6.42 Å². The van der Waals surface area contributed by atoms with Gasteiger partial charge in [-0.15, -0.1) is 10.2 Å². The average Bonchev–Trinajstić information content (AvgIpc) is 2.93. The van der Waals surface area contributed by atoms with Crippen molar-refractivity contribution in [1.82, 2.24) is 20.4 Å². The van der Waals surface area contributed by atoms with Gasteiger partial charge < -0.3 is 9.73 Å². The molecule has 1 aromatic heterocycles. The van der Waals surface area contributed by atoms with Crippen LogP contribution in [0.4, 0.5) is 0 Å². The molecule has 0 spiro atoms. The van der Waals surface area contributed by atoms with E-state index in [4.69, 9.17) is 4.42 Å². The SMILES string of the molecule is CCC(c1nnc(SCC(=O)NC(C)(C#N)C(C)C)o1)N(C)C. The molecule has 128 valence electrons. The summed E-state index contributed by atoms with van der Waals surface area (Å²) < 4.78 is 5.61. The minimum absolute atomic E-state index is 0.0156. The molecule has 8 heteroatoms. The van der Waals surface area contributed by atoms with E-state index in [2.05, 4.69) is 21.6 Å². The Labute approximate surface area is 141 Å². The minimum Gasteiger partial charge on any atom is -0.414 e. The topological polar surface area (TPSA) is 95.0 Å². The molecule has 1 amide bonds. The number of nitrogens with zero attached hydrogens (tertiary/aromatic N) is 4. The van der Waals surface area contributed by atoms with Crippen LogP contribution in [0.25, 0.3) is 0 Å². The van der Waals surface area contributed by atoms with Gasteiger partial charge in [0.25, 0.3) is 5.22 Å². The molecule has 2 atom stereocenters. The van der Waals surface area contributed by atoms with Gasteiger partial charge in [0, 0.05) is 0 Å². The van der Waals surface area contributed by atoms with Crippen molar-refractivity contribution < 1.29 is 9.21 Å². The summed E-state index contributed by atoms with van der Waals surface area (Å²) in [5, 5.41) is 20.3. The summed E-state index contributed by atoms with van der Waals surface area (Å²) in [6, 6.07) is 2.21. The molecule has 0 fully saturated rings. The molecule has 0 bridgehead atoms. The number of carbonyl (C=O) groups excluding carboxylic acids is 1. The van der Waals surface area contributed by atoms with E-state index in [9.17, 15) is 10.1 Å². The first-order chi connectivity index (χ1) is 10.7. The number of hydrogen-bond donors (Lipinski definition) is 1. The Kier molecular flexibility index (Phi) is 7.03. The molecule has 0 aromatic carbocycles. The number of aromatic nitrogens is 2. The van der Waals surface area contributed by atoms with Crippen LogP contribution in [-0.2, 0) is 4.79 Å². The summed E-state index contributed by atoms with van der Waals surface area (Å²) in [6.07, 6.45) is 0.856. The molecule has 1 rings (SSSR count). The third-order valence-electron chi connectivity index (χ3n) is 3.83. The predicted molar refractivity (Wildman–Crippen MR) is 88.7 cm³/mol. The average molecular weight is 339 g/mol. The van der Waals surface area contributed by atoms with Gasteiger partial charge in [-0.1, -0.05) is 32.5 Å². The first kappa shape index (κ1) is 19.5. The lowest BCUT2D eigenvalue weighted by molar-refractivity contribution is -0.120. The second kappa shape index (κ2) is 8.31. The highest BCUT2D eigenvalue weighted by molar-refractivity contribution is 7.99. The quantitative estimate of drug-likeness (QED) is 0.726. The third kappa shape index (κ3) is 5.22. The molecule has 1 aromatic rings. The van der Waals surface area contributed by atoms with Crippen LogP contribution in [0.3, 0.4) is 0 Å². The monoisotopic (exact) mass is 339 g/mol. The zero-order valence-corrected chi connectivity index (χ0v) is 15.4. The molecule has 0 aliphatic carbocycles. The zero-order chi connectivity index (χ0) is 17.6. The van der Waals surface area contributed by atoms with E-state index in [-0.39, 0.29) is 23.6 Å². The Hall–Kier alpha value is -1.59.